The lowest BCUT2D eigenvalue weighted by Gasteiger charge is -2.22. The molecule has 2 rings (SSSR count). The van der Waals surface area contributed by atoms with Gasteiger partial charge in [0.25, 0.3) is 0 Å². The van der Waals surface area contributed by atoms with Crippen molar-refractivity contribution >= 4 is 29.2 Å². The van der Waals surface area contributed by atoms with Gasteiger partial charge in [0.1, 0.15) is 11.4 Å². The van der Waals surface area contributed by atoms with Gasteiger partial charge in [0, 0.05) is 10.7 Å². The lowest BCUT2D eigenvalue weighted by Crippen LogP contribution is -2.28. The molecule has 1 saturated carbocycles. The predicted molar refractivity (Wildman–Crippen MR) is 82.9 cm³/mol. The van der Waals surface area contributed by atoms with E-state index in [9.17, 15) is 9.59 Å². The van der Waals surface area contributed by atoms with Crippen LogP contribution in [0.1, 0.15) is 46.1 Å². The maximum absolute atomic E-state index is 11.9. The Labute approximate surface area is 129 Å². The number of halogens is 1. The van der Waals surface area contributed by atoms with Crippen LogP contribution >= 0.6 is 11.6 Å². The van der Waals surface area contributed by atoms with Crippen molar-refractivity contribution in [1.82, 2.24) is 0 Å². The highest BCUT2D eigenvalue weighted by Crippen LogP contribution is 2.51. The van der Waals surface area contributed by atoms with Gasteiger partial charge in [-0.3, -0.25) is 10.1 Å². The molecule has 5 heteroatoms. The van der Waals surface area contributed by atoms with Gasteiger partial charge in [-0.2, -0.15) is 0 Å². The molecule has 114 valence electrons. The lowest BCUT2D eigenvalue weighted by molar-refractivity contribution is -0.119. The van der Waals surface area contributed by atoms with E-state index in [0.29, 0.717) is 10.7 Å². The second-order valence-electron chi connectivity index (χ2n) is 6.46. The molecule has 0 unspecified atom stereocenters. The fourth-order valence-corrected chi connectivity index (χ4v) is 2.56. The Kier molecular flexibility index (Phi) is 4.02. The van der Waals surface area contributed by atoms with Gasteiger partial charge in [-0.15, -0.1) is 0 Å². The van der Waals surface area contributed by atoms with E-state index < -0.39 is 17.1 Å². The Morgan fingerprint density at radius 1 is 1.29 bits per heavy atom. The summed E-state index contributed by atoms with van der Waals surface area (Å²) in [7, 11) is 0. The van der Waals surface area contributed by atoms with Crippen molar-refractivity contribution in [1.29, 1.82) is 0 Å². The van der Waals surface area contributed by atoms with Crippen molar-refractivity contribution in [3.8, 4) is 0 Å². The van der Waals surface area contributed by atoms with E-state index >= 15 is 0 Å². The summed E-state index contributed by atoms with van der Waals surface area (Å²) >= 11 is 6.01. The van der Waals surface area contributed by atoms with Gasteiger partial charge >= 0.3 is 6.09 Å². The van der Waals surface area contributed by atoms with E-state index in [1.165, 1.54) is 0 Å². The smallest absolute Gasteiger partial charge is 0.412 e. The number of carbonyl (C=O) groups excluding carboxylic acids is 2. The molecular formula is C16H20ClNO3. The largest absolute Gasteiger partial charge is 0.444 e. The Balaban J connectivity index is 2.29. The molecule has 0 saturated heterocycles. The molecule has 0 atom stereocenters. The third-order valence-corrected chi connectivity index (χ3v) is 3.79. The molecule has 0 heterocycles. The van der Waals surface area contributed by atoms with E-state index in [2.05, 4.69) is 5.32 Å². The Bertz CT molecular complexity index is 586. The summed E-state index contributed by atoms with van der Waals surface area (Å²) < 4.78 is 5.25. The Hall–Kier alpha value is -1.55. The quantitative estimate of drug-likeness (QED) is 0.905. The normalized spacial score (nSPS) is 16.2. The van der Waals surface area contributed by atoms with Crippen LogP contribution in [0.15, 0.2) is 18.2 Å². The maximum Gasteiger partial charge on any atom is 0.412 e. The van der Waals surface area contributed by atoms with Gasteiger partial charge in [0.15, 0.2) is 0 Å². The molecule has 0 spiro atoms. The number of hydrogen-bond donors (Lipinski definition) is 1. The molecule has 0 bridgehead atoms. The second kappa shape index (κ2) is 5.34. The highest BCUT2D eigenvalue weighted by molar-refractivity contribution is 6.31. The first-order chi connectivity index (χ1) is 9.64. The SMILES string of the molecule is CC(=O)C1(c2ccc(Cl)cc2NC(=O)OC(C)(C)C)CC1. The summed E-state index contributed by atoms with van der Waals surface area (Å²) in [5, 5.41) is 3.21. The monoisotopic (exact) mass is 309 g/mol. The number of rotatable bonds is 3. The van der Waals surface area contributed by atoms with Crippen molar-refractivity contribution in [2.75, 3.05) is 5.32 Å². The summed E-state index contributed by atoms with van der Waals surface area (Å²) in [4.78, 5) is 23.9. The number of hydrogen-bond acceptors (Lipinski definition) is 3. The van der Waals surface area contributed by atoms with Gasteiger partial charge in [-0.05, 0) is 58.2 Å². The van der Waals surface area contributed by atoms with Crippen molar-refractivity contribution in [3.63, 3.8) is 0 Å². The number of Topliss-reactive ketones (excluding diaryl/α,β-unsaturated/α-hetero) is 1. The third-order valence-electron chi connectivity index (χ3n) is 3.56. The van der Waals surface area contributed by atoms with Crippen LogP contribution in [0.25, 0.3) is 0 Å². The van der Waals surface area contributed by atoms with Gasteiger partial charge in [-0.1, -0.05) is 17.7 Å². The van der Waals surface area contributed by atoms with Crippen LogP contribution in [-0.2, 0) is 14.9 Å². The number of nitrogens with one attached hydrogen (secondary N) is 1. The average Bonchev–Trinajstić information content (AvgIpc) is 3.07. The first-order valence-electron chi connectivity index (χ1n) is 6.95. The van der Waals surface area contributed by atoms with Crippen molar-refractivity contribution < 1.29 is 14.3 Å². The van der Waals surface area contributed by atoms with Crippen molar-refractivity contribution in [3.05, 3.63) is 28.8 Å². The zero-order valence-electron chi connectivity index (χ0n) is 12.7. The zero-order valence-corrected chi connectivity index (χ0v) is 13.5. The molecular weight excluding hydrogens is 290 g/mol. The summed E-state index contributed by atoms with van der Waals surface area (Å²) in [6.07, 6.45) is 1.05. The van der Waals surface area contributed by atoms with Gasteiger partial charge in [0.05, 0.1) is 5.41 Å². The van der Waals surface area contributed by atoms with Gasteiger partial charge < -0.3 is 4.74 Å². The number of carbonyl (C=O) groups is 2. The fourth-order valence-electron chi connectivity index (χ4n) is 2.39. The highest BCUT2D eigenvalue weighted by Gasteiger charge is 2.50. The molecule has 4 nitrogen and oxygen atoms in total. The summed E-state index contributed by atoms with van der Waals surface area (Å²) in [6.45, 7) is 6.97. The topological polar surface area (TPSA) is 55.4 Å². The van der Waals surface area contributed by atoms with Crippen LogP contribution in [0.4, 0.5) is 10.5 Å². The first-order valence-corrected chi connectivity index (χ1v) is 7.33. The molecule has 1 fully saturated rings. The minimum Gasteiger partial charge on any atom is -0.444 e. The lowest BCUT2D eigenvalue weighted by atomic mass is 9.90. The van der Waals surface area contributed by atoms with E-state index in [1.54, 1.807) is 39.8 Å². The Morgan fingerprint density at radius 3 is 2.38 bits per heavy atom. The third kappa shape index (κ3) is 3.56. The number of ketones is 1. The minimum absolute atomic E-state index is 0.108. The van der Waals surface area contributed by atoms with E-state index in [4.69, 9.17) is 16.3 Å². The second-order valence-corrected chi connectivity index (χ2v) is 6.89. The van der Waals surface area contributed by atoms with Crippen LogP contribution in [0.2, 0.25) is 5.02 Å². The van der Waals surface area contributed by atoms with Gasteiger partial charge in [-0.25, -0.2) is 4.79 Å². The zero-order chi connectivity index (χ0) is 15.8. The van der Waals surface area contributed by atoms with Gasteiger partial charge in [0.2, 0.25) is 0 Å². The number of benzene rings is 1. The van der Waals surface area contributed by atoms with Crippen LogP contribution in [0.5, 0.6) is 0 Å². The summed E-state index contributed by atoms with van der Waals surface area (Å²) in [6, 6.07) is 5.20. The van der Waals surface area contributed by atoms with E-state index in [0.717, 1.165) is 18.4 Å². The molecule has 0 radical (unpaired) electrons. The molecule has 1 aliphatic rings. The molecule has 0 aromatic heterocycles. The molecule has 1 aliphatic carbocycles. The predicted octanol–water partition coefficient (Wildman–Crippen LogP) is 4.31. The summed E-state index contributed by atoms with van der Waals surface area (Å²) in [5.41, 5.74) is 0.296. The van der Waals surface area contributed by atoms with Crippen LogP contribution in [0.3, 0.4) is 0 Å². The molecule has 1 aromatic rings. The molecule has 21 heavy (non-hydrogen) atoms. The first kappa shape index (κ1) is 15.8. The average molecular weight is 310 g/mol. The number of anilines is 1. The van der Waals surface area contributed by atoms with E-state index in [-0.39, 0.29) is 5.78 Å². The fraction of sp³-hybridized carbons (Fsp3) is 0.500. The summed E-state index contributed by atoms with van der Waals surface area (Å²) in [5.74, 6) is 0.108. The standard InChI is InChI=1S/C16H20ClNO3/c1-10(19)16(7-8-16)12-6-5-11(17)9-13(12)18-14(20)21-15(2,3)4/h5-6,9H,7-8H2,1-4H3,(H,18,20). The molecule has 0 aliphatic heterocycles. The molecule has 1 amide bonds. The minimum atomic E-state index is -0.583. The molecule has 1 aromatic carbocycles. The number of amides is 1. The Morgan fingerprint density at radius 2 is 1.90 bits per heavy atom. The van der Waals surface area contributed by atoms with Crippen LogP contribution in [0, 0.1) is 0 Å². The number of ether oxygens (including phenoxy) is 1. The van der Waals surface area contributed by atoms with Crippen molar-refractivity contribution in [2.45, 2.75) is 51.6 Å². The highest BCUT2D eigenvalue weighted by atomic mass is 35.5. The van der Waals surface area contributed by atoms with Crippen molar-refractivity contribution in [2.24, 2.45) is 0 Å². The van der Waals surface area contributed by atoms with E-state index in [1.807, 2.05) is 6.07 Å². The maximum atomic E-state index is 11.9. The molecule has 1 N–H and O–H groups in total. The van der Waals surface area contributed by atoms with Crippen LogP contribution < -0.4 is 5.32 Å². The van der Waals surface area contributed by atoms with Crippen LogP contribution in [-0.4, -0.2) is 17.5 Å².